The lowest BCUT2D eigenvalue weighted by Crippen LogP contribution is -2.30. The van der Waals surface area contributed by atoms with Crippen LogP contribution in [0.15, 0.2) is 48.5 Å². The molecule has 3 rings (SSSR count). The van der Waals surface area contributed by atoms with Crippen molar-refractivity contribution in [2.45, 2.75) is 6.92 Å². The lowest BCUT2D eigenvalue weighted by atomic mass is 10.2. The monoisotopic (exact) mass is 413 g/mol. The van der Waals surface area contributed by atoms with Gasteiger partial charge in [-0.1, -0.05) is 6.07 Å². The topological polar surface area (TPSA) is 88.2 Å². The van der Waals surface area contributed by atoms with Gasteiger partial charge < -0.3 is 20.7 Å². The fraction of sp³-hybridized carbons (Fsp3) is 0.190. The third kappa shape index (κ3) is 5.40. The van der Waals surface area contributed by atoms with Crippen LogP contribution >= 0.6 is 0 Å². The van der Waals surface area contributed by atoms with Gasteiger partial charge in [0.2, 0.25) is 5.95 Å². The Morgan fingerprint density at radius 2 is 1.73 bits per heavy atom. The summed E-state index contributed by atoms with van der Waals surface area (Å²) in [6, 6.07) is 12.4. The summed E-state index contributed by atoms with van der Waals surface area (Å²) < 4.78 is 32.4. The van der Waals surface area contributed by atoms with Crippen molar-refractivity contribution >= 4 is 23.4 Å². The fourth-order valence-electron chi connectivity index (χ4n) is 2.69. The molecule has 0 fully saturated rings. The van der Waals surface area contributed by atoms with Crippen molar-refractivity contribution in [1.82, 2.24) is 15.3 Å². The van der Waals surface area contributed by atoms with Gasteiger partial charge in [0.1, 0.15) is 28.8 Å². The molecule has 3 aromatic rings. The summed E-state index contributed by atoms with van der Waals surface area (Å²) in [6.45, 7) is 2.23. The standard InChI is InChI=1S/C21H21F2N5O2/c1-13-12-18(27-14-6-8-15(30-2)9-7-14)28-21(26-13)25-11-10-24-20(29)19-16(22)4-3-5-17(19)23/h3-9,12H,10-11H2,1-2H3,(H,24,29)(H2,25,26,27,28). The first kappa shape index (κ1) is 21.0. The Labute approximate surface area is 172 Å². The average Bonchev–Trinajstić information content (AvgIpc) is 2.71. The van der Waals surface area contributed by atoms with E-state index in [1.54, 1.807) is 13.2 Å². The molecular formula is C21H21F2N5O2. The van der Waals surface area contributed by atoms with Crippen molar-refractivity contribution in [3.63, 3.8) is 0 Å². The van der Waals surface area contributed by atoms with Crippen LogP contribution in [0.2, 0.25) is 0 Å². The van der Waals surface area contributed by atoms with Gasteiger partial charge in [-0.3, -0.25) is 4.79 Å². The number of carbonyl (C=O) groups excluding carboxylic acids is 1. The second-order valence-electron chi connectivity index (χ2n) is 6.35. The summed E-state index contributed by atoms with van der Waals surface area (Å²) in [5.41, 5.74) is 0.968. The van der Waals surface area contributed by atoms with Crippen molar-refractivity contribution in [2.75, 3.05) is 30.8 Å². The van der Waals surface area contributed by atoms with Crippen molar-refractivity contribution < 1.29 is 18.3 Å². The number of anilines is 3. The third-order valence-electron chi connectivity index (χ3n) is 4.10. The van der Waals surface area contributed by atoms with E-state index < -0.39 is 23.1 Å². The summed E-state index contributed by atoms with van der Waals surface area (Å²) in [6.07, 6.45) is 0. The molecule has 0 radical (unpaired) electrons. The highest BCUT2D eigenvalue weighted by Crippen LogP contribution is 2.20. The molecule has 0 saturated heterocycles. The van der Waals surface area contributed by atoms with E-state index in [-0.39, 0.29) is 13.1 Å². The molecule has 0 aliphatic rings. The minimum absolute atomic E-state index is 0.130. The van der Waals surface area contributed by atoms with Gasteiger partial charge in [0.25, 0.3) is 5.91 Å². The van der Waals surface area contributed by atoms with E-state index in [9.17, 15) is 13.6 Å². The summed E-state index contributed by atoms with van der Waals surface area (Å²) in [5, 5.41) is 8.63. The molecule has 0 aliphatic carbocycles. The normalized spacial score (nSPS) is 10.4. The lowest BCUT2D eigenvalue weighted by molar-refractivity contribution is 0.0946. The average molecular weight is 413 g/mol. The first-order chi connectivity index (χ1) is 14.5. The van der Waals surface area contributed by atoms with Crippen molar-refractivity contribution in [2.24, 2.45) is 0 Å². The number of nitrogens with one attached hydrogen (secondary N) is 3. The molecule has 9 heteroatoms. The number of nitrogens with zero attached hydrogens (tertiary/aromatic N) is 2. The van der Waals surface area contributed by atoms with Crippen LogP contribution in [0.4, 0.5) is 26.2 Å². The van der Waals surface area contributed by atoms with E-state index in [0.29, 0.717) is 11.8 Å². The molecule has 1 aromatic heterocycles. The number of aromatic nitrogens is 2. The van der Waals surface area contributed by atoms with Crippen molar-refractivity contribution in [1.29, 1.82) is 0 Å². The molecule has 0 atom stereocenters. The number of methoxy groups -OCH3 is 1. The van der Waals surface area contributed by atoms with Crippen LogP contribution in [-0.4, -0.2) is 36.1 Å². The van der Waals surface area contributed by atoms with E-state index in [1.807, 2.05) is 31.2 Å². The predicted molar refractivity (Wildman–Crippen MR) is 110 cm³/mol. The Hall–Kier alpha value is -3.75. The summed E-state index contributed by atoms with van der Waals surface area (Å²) in [7, 11) is 1.60. The number of carbonyl (C=O) groups is 1. The summed E-state index contributed by atoms with van der Waals surface area (Å²) in [5.74, 6) is -0.933. The number of hydrogen-bond donors (Lipinski definition) is 3. The first-order valence-electron chi connectivity index (χ1n) is 9.19. The number of benzene rings is 2. The molecule has 156 valence electrons. The van der Waals surface area contributed by atoms with Gasteiger partial charge in [0, 0.05) is 30.5 Å². The number of halogens is 2. The van der Waals surface area contributed by atoms with Gasteiger partial charge in [0.05, 0.1) is 7.11 Å². The van der Waals surface area contributed by atoms with Crippen molar-refractivity contribution in [3.05, 3.63) is 71.4 Å². The zero-order chi connectivity index (χ0) is 21.5. The molecule has 3 N–H and O–H groups in total. The van der Waals surface area contributed by atoms with Gasteiger partial charge in [-0.15, -0.1) is 0 Å². The number of amides is 1. The molecule has 0 spiro atoms. The highest BCUT2D eigenvalue weighted by atomic mass is 19.1. The minimum Gasteiger partial charge on any atom is -0.497 e. The van der Waals surface area contributed by atoms with Gasteiger partial charge in [-0.25, -0.2) is 13.8 Å². The van der Waals surface area contributed by atoms with Crippen LogP contribution in [0, 0.1) is 18.6 Å². The van der Waals surface area contributed by atoms with Crippen LogP contribution in [0.1, 0.15) is 16.1 Å². The number of rotatable bonds is 8. The molecule has 2 aromatic carbocycles. The Bertz CT molecular complexity index is 1010. The highest BCUT2D eigenvalue weighted by molar-refractivity contribution is 5.94. The Morgan fingerprint density at radius 1 is 1.03 bits per heavy atom. The highest BCUT2D eigenvalue weighted by Gasteiger charge is 2.16. The first-order valence-corrected chi connectivity index (χ1v) is 9.19. The van der Waals surface area contributed by atoms with E-state index in [2.05, 4.69) is 25.9 Å². The number of aryl methyl sites for hydroxylation is 1. The van der Waals surface area contributed by atoms with Crippen molar-refractivity contribution in [3.8, 4) is 5.75 Å². The molecule has 0 saturated carbocycles. The van der Waals surface area contributed by atoms with Gasteiger partial charge >= 0.3 is 0 Å². The number of hydrogen-bond acceptors (Lipinski definition) is 6. The second-order valence-corrected chi connectivity index (χ2v) is 6.35. The zero-order valence-electron chi connectivity index (χ0n) is 16.5. The predicted octanol–water partition coefficient (Wildman–Crippen LogP) is 3.66. The summed E-state index contributed by atoms with van der Waals surface area (Å²) >= 11 is 0. The third-order valence-corrected chi connectivity index (χ3v) is 4.10. The maximum Gasteiger partial charge on any atom is 0.257 e. The molecule has 30 heavy (non-hydrogen) atoms. The van der Waals surface area contributed by atoms with E-state index in [1.165, 1.54) is 6.07 Å². The SMILES string of the molecule is COc1ccc(Nc2cc(C)nc(NCCNC(=O)c3c(F)cccc3F)n2)cc1. The maximum atomic E-state index is 13.6. The van der Waals surface area contributed by atoms with E-state index in [0.717, 1.165) is 29.3 Å². The van der Waals surface area contributed by atoms with E-state index in [4.69, 9.17) is 4.74 Å². The molecule has 0 aliphatic heterocycles. The lowest BCUT2D eigenvalue weighted by Gasteiger charge is -2.11. The molecule has 1 heterocycles. The van der Waals surface area contributed by atoms with Gasteiger partial charge in [-0.05, 0) is 43.3 Å². The molecule has 1 amide bonds. The van der Waals surface area contributed by atoms with Crippen LogP contribution in [0.25, 0.3) is 0 Å². The van der Waals surface area contributed by atoms with Gasteiger partial charge in [0.15, 0.2) is 0 Å². The molecule has 0 bridgehead atoms. The Morgan fingerprint density at radius 3 is 2.40 bits per heavy atom. The van der Waals surface area contributed by atoms with E-state index >= 15 is 0 Å². The molecule has 0 unspecified atom stereocenters. The van der Waals surface area contributed by atoms with Crippen LogP contribution in [0.3, 0.4) is 0 Å². The number of ether oxygens (including phenoxy) is 1. The Kier molecular flexibility index (Phi) is 6.74. The van der Waals surface area contributed by atoms with Crippen LogP contribution in [0.5, 0.6) is 5.75 Å². The second kappa shape index (κ2) is 9.64. The molecular weight excluding hydrogens is 392 g/mol. The van der Waals surface area contributed by atoms with Crippen LogP contribution in [-0.2, 0) is 0 Å². The van der Waals surface area contributed by atoms with Crippen LogP contribution < -0.4 is 20.7 Å². The molecule has 7 nitrogen and oxygen atoms in total. The van der Waals surface area contributed by atoms with Gasteiger partial charge in [-0.2, -0.15) is 4.98 Å². The quantitative estimate of drug-likeness (QED) is 0.489. The smallest absolute Gasteiger partial charge is 0.257 e. The largest absolute Gasteiger partial charge is 0.497 e. The zero-order valence-corrected chi connectivity index (χ0v) is 16.5. The Balaban J connectivity index is 1.56. The minimum atomic E-state index is -0.906. The fourth-order valence-corrected chi connectivity index (χ4v) is 2.69. The summed E-state index contributed by atoms with van der Waals surface area (Å²) in [4.78, 5) is 20.7. The maximum absolute atomic E-state index is 13.6.